The zero-order valence-electron chi connectivity index (χ0n) is 8.28. The lowest BCUT2D eigenvalue weighted by Gasteiger charge is -2.22. The van der Waals surface area contributed by atoms with Gasteiger partial charge >= 0.3 is 0 Å². The zero-order chi connectivity index (χ0) is 10.1. The van der Waals surface area contributed by atoms with Gasteiger partial charge in [0.05, 0.1) is 5.75 Å². The summed E-state index contributed by atoms with van der Waals surface area (Å²) in [5, 5.41) is 0. The molecule has 1 aliphatic heterocycles. The molecule has 0 aliphatic carbocycles. The van der Waals surface area contributed by atoms with Crippen molar-refractivity contribution in [3.05, 3.63) is 0 Å². The number of hydrogen-bond acceptors (Lipinski definition) is 3. The highest BCUT2D eigenvalue weighted by molar-refractivity contribution is 7.89. The van der Waals surface area contributed by atoms with E-state index in [0.29, 0.717) is 25.3 Å². The Morgan fingerprint density at radius 1 is 1.46 bits per heavy atom. The molecule has 4 nitrogen and oxygen atoms in total. The van der Waals surface area contributed by atoms with E-state index >= 15 is 0 Å². The third-order valence-corrected chi connectivity index (χ3v) is 4.17. The third kappa shape index (κ3) is 3.25. The van der Waals surface area contributed by atoms with Crippen LogP contribution >= 0.6 is 0 Å². The van der Waals surface area contributed by atoms with Crippen LogP contribution in [0.1, 0.15) is 26.7 Å². The molecule has 1 heterocycles. The van der Waals surface area contributed by atoms with Crippen molar-refractivity contribution in [2.75, 3.05) is 18.8 Å². The molecule has 1 rings (SSSR count). The van der Waals surface area contributed by atoms with Gasteiger partial charge in [-0.3, -0.25) is 0 Å². The molecular weight excluding hydrogens is 188 g/mol. The van der Waals surface area contributed by atoms with Crippen LogP contribution in [-0.4, -0.2) is 37.1 Å². The zero-order valence-corrected chi connectivity index (χ0v) is 9.10. The molecule has 0 unspecified atom stereocenters. The fourth-order valence-electron chi connectivity index (χ4n) is 1.36. The van der Waals surface area contributed by atoms with Crippen LogP contribution in [0.2, 0.25) is 0 Å². The van der Waals surface area contributed by atoms with Crippen LogP contribution in [0.4, 0.5) is 0 Å². The summed E-state index contributed by atoms with van der Waals surface area (Å²) in [6, 6.07) is 0. The van der Waals surface area contributed by atoms with Gasteiger partial charge in [-0.1, -0.05) is 0 Å². The molecule has 0 aromatic heterocycles. The lowest BCUT2D eigenvalue weighted by atomic mass is 10.0. The summed E-state index contributed by atoms with van der Waals surface area (Å²) in [5.74, 6) is 0.304. The lowest BCUT2D eigenvalue weighted by Crippen LogP contribution is -2.38. The van der Waals surface area contributed by atoms with Gasteiger partial charge in [0.25, 0.3) is 0 Å². The van der Waals surface area contributed by atoms with Crippen LogP contribution in [0.5, 0.6) is 0 Å². The van der Waals surface area contributed by atoms with E-state index in [0.717, 1.165) is 6.42 Å². The number of nitrogens with two attached hydrogens (primary N) is 1. The van der Waals surface area contributed by atoms with Gasteiger partial charge in [-0.25, -0.2) is 12.7 Å². The second-order valence-electron chi connectivity index (χ2n) is 4.31. The molecule has 13 heavy (non-hydrogen) atoms. The smallest absolute Gasteiger partial charge is 0.214 e. The van der Waals surface area contributed by atoms with Gasteiger partial charge in [0.2, 0.25) is 10.0 Å². The Labute approximate surface area is 80.1 Å². The Bertz CT molecular complexity index is 266. The molecule has 0 radical (unpaired) electrons. The largest absolute Gasteiger partial charge is 0.326 e. The summed E-state index contributed by atoms with van der Waals surface area (Å²) in [5.41, 5.74) is 5.50. The van der Waals surface area contributed by atoms with Crippen LogP contribution < -0.4 is 5.73 Å². The Balaban J connectivity index is 2.47. The maximum Gasteiger partial charge on any atom is 0.214 e. The molecule has 0 saturated carbocycles. The minimum atomic E-state index is -2.93. The summed E-state index contributed by atoms with van der Waals surface area (Å²) in [6.45, 7) is 5.05. The minimum Gasteiger partial charge on any atom is -0.326 e. The molecule has 0 spiro atoms. The predicted octanol–water partition coefficient (Wildman–Crippen LogP) is 0.149. The van der Waals surface area contributed by atoms with Crippen molar-refractivity contribution in [3.63, 3.8) is 0 Å². The molecule has 0 amide bonds. The quantitative estimate of drug-likeness (QED) is 0.715. The van der Waals surface area contributed by atoms with Gasteiger partial charge in [0.1, 0.15) is 0 Å². The van der Waals surface area contributed by atoms with Crippen LogP contribution in [0.25, 0.3) is 0 Å². The van der Waals surface area contributed by atoms with Gasteiger partial charge in [-0.2, -0.15) is 0 Å². The summed E-state index contributed by atoms with van der Waals surface area (Å²) in [7, 11) is -2.93. The molecule has 0 bridgehead atoms. The second kappa shape index (κ2) is 3.55. The Morgan fingerprint density at radius 2 is 2.08 bits per heavy atom. The Morgan fingerprint density at radius 3 is 2.46 bits per heavy atom. The monoisotopic (exact) mass is 206 g/mol. The molecule has 5 heteroatoms. The van der Waals surface area contributed by atoms with Crippen molar-refractivity contribution >= 4 is 10.0 Å². The highest BCUT2D eigenvalue weighted by Gasteiger charge is 2.28. The normalized spacial score (nSPS) is 23.6. The Hall–Kier alpha value is -0.130. The summed E-state index contributed by atoms with van der Waals surface area (Å²) < 4.78 is 24.3. The topological polar surface area (TPSA) is 63.4 Å². The number of rotatable bonds is 3. The molecule has 78 valence electrons. The van der Waals surface area contributed by atoms with Crippen molar-refractivity contribution in [3.8, 4) is 0 Å². The molecular formula is C8H18N2O2S. The van der Waals surface area contributed by atoms with Crippen LogP contribution in [0.15, 0.2) is 0 Å². The molecule has 1 saturated heterocycles. The molecule has 1 fully saturated rings. The lowest BCUT2D eigenvalue weighted by molar-refractivity contribution is 0.375. The van der Waals surface area contributed by atoms with E-state index in [4.69, 9.17) is 5.73 Å². The van der Waals surface area contributed by atoms with Crippen molar-refractivity contribution in [2.24, 2.45) is 5.73 Å². The maximum atomic E-state index is 11.4. The van der Waals surface area contributed by atoms with Crippen molar-refractivity contribution in [1.29, 1.82) is 0 Å². The van der Waals surface area contributed by atoms with Crippen LogP contribution in [-0.2, 0) is 10.0 Å². The summed E-state index contributed by atoms with van der Waals surface area (Å²) in [6.07, 6.45) is 1.47. The van der Waals surface area contributed by atoms with E-state index < -0.39 is 10.0 Å². The third-order valence-electron chi connectivity index (χ3n) is 2.21. The number of hydrogen-bond donors (Lipinski definition) is 1. The number of nitrogens with zero attached hydrogens (tertiary/aromatic N) is 1. The highest BCUT2D eigenvalue weighted by atomic mass is 32.2. The first-order valence-corrected chi connectivity index (χ1v) is 6.19. The van der Waals surface area contributed by atoms with Crippen molar-refractivity contribution < 1.29 is 8.42 Å². The standard InChI is InChI=1S/C8H18N2O2S/c1-8(2,9)4-6-10-5-3-7-13(10,11)12/h3-7,9H2,1-2H3. The molecule has 0 aromatic carbocycles. The Kier molecular flexibility index (Phi) is 2.99. The van der Waals surface area contributed by atoms with E-state index in [-0.39, 0.29) is 5.54 Å². The average molecular weight is 206 g/mol. The van der Waals surface area contributed by atoms with Crippen LogP contribution in [0, 0.1) is 0 Å². The van der Waals surface area contributed by atoms with E-state index in [9.17, 15) is 8.42 Å². The van der Waals surface area contributed by atoms with Gasteiger partial charge in [-0.05, 0) is 26.7 Å². The number of sulfonamides is 1. The van der Waals surface area contributed by atoms with Crippen molar-refractivity contribution in [1.82, 2.24) is 4.31 Å². The van der Waals surface area contributed by atoms with Crippen molar-refractivity contribution in [2.45, 2.75) is 32.2 Å². The van der Waals surface area contributed by atoms with E-state index in [1.165, 1.54) is 0 Å². The van der Waals surface area contributed by atoms with E-state index in [2.05, 4.69) is 0 Å². The summed E-state index contributed by atoms with van der Waals surface area (Å²) >= 11 is 0. The molecule has 0 aromatic rings. The van der Waals surface area contributed by atoms with Crippen LogP contribution in [0.3, 0.4) is 0 Å². The van der Waals surface area contributed by atoms with E-state index in [1.807, 2.05) is 13.8 Å². The van der Waals surface area contributed by atoms with Gasteiger partial charge in [-0.15, -0.1) is 0 Å². The minimum absolute atomic E-state index is 0.280. The molecule has 2 N–H and O–H groups in total. The maximum absolute atomic E-state index is 11.4. The summed E-state index contributed by atoms with van der Waals surface area (Å²) in [4.78, 5) is 0. The first-order chi connectivity index (χ1) is 5.81. The first kappa shape index (κ1) is 10.9. The fourth-order valence-corrected chi connectivity index (χ4v) is 2.88. The average Bonchev–Trinajstić information content (AvgIpc) is 2.23. The SMILES string of the molecule is CC(C)(N)CCN1CCCS1(=O)=O. The van der Waals surface area contributed by atoms with Gasteiger partial charge in [0, 0.05) is 18.6 Å². The highest BCUT2D eigenvalue weighted by Crippen LogP contribution is 2.15. The fraction of sp³-hybridized carbons (Fsp3) is 1.00. The van der Waals surface area contributed by atoms with E-state index in [1.54, 1.807) is 4.31 Å². The van der Waals surface area contributed by atoms with Gasteiger partial charge in [0.15, 0.2) is 0 Å². The van der Waals surface area contributed by atoms with Gasteiger partial charge < -0.3 is 5.73 Å². The molecule has 0 atom stereocenters. The second-order valence-corrected chi connectivity index (χ2v) is 6.40. The predicted molar refractivity (Wildman–Crippen MR) is 52.9 cm³/mol. The first-order valence-electron chi connectivity index (χ1n) is 4.58. The molecule has 1 aliphatic rings.